The number of para-hydroxylation sites is 1. The second-order valence-electron chi connectivity index (χ2n) is 7.42. The normalized spacial score (nSPS) is 35.6. The standard InChI is InChI=1S/C17H24ClN/c1-11-6-5-7-13(18)14(11)19-15-16(2,3)12-8-9-17(15,4)10-12/h5-7,12,15,19H,8-10H2,1-4H3/t12-,15?,17+/m0/s1. The van der Waals surface area contributed by atoms with E-state index in [0.717, 1.165) is 16.6 Å². The average Bonchev–Trinajstić information content (AvgIpc) is 2.78. The van der Waals surface area contributed by atoms with Crippen LogP contribution in [0.2, 0.25) is 5.02 Å². The van der Waals surface area contributed by atoms with E-state index in [2.05, 4.69) is 39.1 Å². The molecule has 19 heavy (non-hydrogen) atoms. The van der Waals surface area contributed by atoms with Crippen molar-refractivity contribution in [1.29, 1.82) is 0 Å². The van der Waals surface area contributed by atoms with Gasteiger partial charge in [0.25, 0.3) is 0 Å². The number of hydrogen-bond donors (Lipinski definition) is 1. The van der Waals surface area contributed by atoms with Gasteiger partial charge in [0.05, 0.1) is 10.7 Å². The molecule has 1 unspecified atom stereocenters. The zero-order valence-corrected chi connectivity index (χ0v) is 13.1. The van der Waals surface area contributed by atoms with E-state index in [0.29, 0.717) is 16.9 Å². The Kier molecular flexibility index (Phi) is 2.91. The summed E-state index contributed by atoms with van der Waals surface area (Å²) in [6.07, 6.45) is 4.10. The van der Waals surface area contributed by atoms with Gasteiger partial charge in [0.1, 0.15) is 0 Å². The fourth-order valence-corrected chi connectivity index (χ4v) is 4.90. The van der Waals surface area contributed by atoms with Crippen LogP contribution >= 0.6 is 11.6 Å². The largest absolute Gasteiger partial charge is 0.380 e. The van der Waals surface area contributed by atoms with Crippen molar-refractivity contribution >= 4 is 17.3 Å². The Hall–Kier alpha value is -0.690. The molecule has 0 heterocycles. The van der Waals surface area contributed by atoms with Crippen LogP contribution in [0.3, 0.4) is 0 Å². The number of nitrogens with one attached hydrogen (secondary N) is 1. The van der Waals surface area contributed by atoms with Gasteiger partial charge in [0.2, 0.25) is 0 Å². The molecule has 2 bridgehead atoms. The average molecular weight is 278 g/mol. The van der Waals surface area contributed by atoms with Gasteiger partial charge in [0, 0.05) is 6.04 Å². The predicted molar refractivity (Wildman–Crippen MR) is 82.8 cm³/mol. The van der Waals surface area contributed by atoms with Crippen LogP contribution < -0.4 is 5.32 Å². The van der Waals surface area contributed by atoms with Crippen molar-refractivity contribution in [2.45, 2.75) is 53.0 Å². The summed E-state index contributed by atoms with van der Waals surface area (Å²) in [5.41, 5.74) is 3.17. The lowest BCUT2D eigenvalue weighted by Gasteiger charge is -2.44. The Morgan fingerprint density at radius 1 is 1.26 bits per heavy atom. The molecule has 0 aromatic heterocycles. The van der Waals surface area contributed by atoms with E-state index in [1.807, 2.05) is 12.1 Å². The topological polar surface area (TPSA) is 12.0 Å². The summed E-state index contributed by atoms with van der Waals surface area (Å²) in [6.45, 7) is 9.43. The first-order valence-corrected chi connectivity index (χ1v) is 7.74. The summed E-state index contributed by atoms with van der Waals surface area (Å²) >= 11 is 6.39. The van der Waals surface area contributed by atoms with E-state index in [9.17, 15) is 0 Å². The second kappa shape index (κ2) is 4.15. The van der Waals surface area contributed by atoms with E-state index in [-0.39, 0.29) is 0 Å². The minimum Gasteiger partial charge on any atom is -0.380 e. The van der Waals surface area contributed by atoms with Gasteiger partial charge in [-0.05, 0) is 54.6 Å². The maximum absolute atomic E-state index is 6.39. The Morgan fingerprint density at radius 3 is 2.58 bits per heavy atom. The number of halogens is 1. The monoisotopic (exact) mass is 277 g/mol. The molecule has 0 saturated heterocycles. The first-order valence-electron chi connectivity index (χ1n) is 7.36. The summed E-state index contributed by atoms with van der Waals surface area (Å²) in [7, 11) is 0. The summed E-state index contributed by atoms with van der Waals surface area (Å²) in [5.74, 6) is 0.859. The molecule has 2 aliphatic rings. The first-order chi connectivity index (χ1) is 8.84. The lowest BCUT2D eigenvalue weighted by atomic mass is 9.68. The molecule has 2 aliphatic carbocycles. The van der Waals surface area contributed by atoms with Crippen molar-refractivity contribution in [2.75, 3.05) is 5.32 Å². The molecular formula is C17H24ClN. The van der Waals surface area contributed by atoms with E-state index in [1.54, 1.807) is 0 Å². The minimum atomic E-state index is 0.360. The first kappa shape index (κ1) is 13.3. The van der Waals surface area contributed by atoms with Crippen molar-refractivity contribution in [3.63, 3.8) is 0 Å². The molecule has 1 aromatic carbocycles. The van der Waals surface area contributed by atoms with Crippen LogP contribution in [0, 0.1) is 23.7 Å². The van der Waals surface area contributed by atoms with E-state index < -0.39 is 0 Å². The molecule has 3 rings (SSSR count). The van der Waals surface area contributed by atoms with E-state index in [4.69, 9.17) is 11.6 Å². The van der Waals surface area contributed by atoms with Gasteiger partial charge >= 0.3 is 0 Å². The fourth-order valence-electron chi connectivity index (χ4n) is 4.62. The summed E-state index contributed by atoms with van der Waals surface area (Å²) < 4.78 is 0. The van der Waals surface area contributed by atoms with Crippen LogP contribution in [0.1, 0.15) is 45.6 Å². The molecule has 0 spiro atoms. The number of benzene rings is 1. The van der Waals surface area contributed by atoms with Crippen molar-refractivity contribution in [2.24, 2.45) is 16.7 Å². The molecule has 2 fully saturated rings. The second-order valence-corrected chi connectivity index (χ2v) is 7.83. The molecule has 1 nitrogen and oxygen atoms in total. The molecule has 3 atom stereocenters. The van der Waals surface area contributed by atoms with Crippen LogP contribution in [-0.2, 0) is 0 Å². The van der Waals surface area contributed by atoms with Crippen molar-refractivity contribution < 1.29 is 0 Å². The zero-order valence-electron chi connectivity index (χ0n) is 12.4. The third-order valence-corrected chi connectivity index (χ3v) is 6.10. The highest BCUT2D eigenvalue weighted by molar-refractivity contribution is 6.33. The van der Waals surface area contributed by atoms with Gasteiger partial charge in [-0.1, -0.05) is 44.5 Å². The Balaban J connectivity index is 1.95. The zero-order chi connectivity index (χ0) is 13.8. The van der Waals surface area contributed by atoms with E-state index in [1.165, 1.54) is 24.8 Å². The highest BCUT2D eigenvalue weighted by Gasteiger charge is 2.59. The van der Waals surface area contributed by atoms with Crippen molar-refractivity contribution in [3.8, 4) is 0 Å². The highest BCUT2D eigenvalue weighted by Crippen LogP contribution is 2.63. The lowest BCUT2D eigenvalue weighted by Crippen LogP contribution is -2.46. The van der Waals surface area contributed by atoms with Crippen LogP contribution in [0.5, 0.6) is 0 Å². The molecule has 1 N–H and O–H groups in total. The third-order valence-electron chi connectivity index (χ3n) is 5.78. The van der Waals surface area contributed by atoms with Gasteiger partial charge in [-0.3, -0.25) is 0 Å². The maximum atomic E-state index is 6.39. The third kappa shape index (κ3) is 1.89. The number of rotatable bonds is 2. The van der Waals surface area contributed by atoms with Crippen LogP contribution in [0.4, 0.5) is 5.69 Å². The fraction of sp³-hybridized carbons (Fsp3) is 0.647. The maximum Gasteiger partial charge on any atom is 0.0640 e. The Bertz CT molecular complexity index is 483. The number of aryl methyl sites for hydroxylation is 1. The summed E-state index contributed by atoms with van der Waals surface area (Å²) in [6, 6.07) is 6.67. The Morgan fingerprint density at radius 2 is 2.00 bits per heavy atom. The molecule has 1 aromatic rings. The van der Waals surface area contributed by atoms with Crippen molar-refractivity contribution in [1.82, 2.24) is 0 Å². The lowest BCUT2D eigenvalue weighted by molar-refractivity contribution is 0.155. The quantitative estimate of drug-likeness (QED) is 0.776. The van der Waals surface area contributed by atoms with Crippen LogP contribution in [0.25, 0.3) is 0 Å². The summed E-state index contributed by atoms with van der Waals surface area (Å²) in [4.78, 5) is 0. The molecule has 2 saturated carbocycles. The van der Waals surface area contributed by atoms with Gasteiger partial charge in [-0.2, -0.15) is 0 Å². The summed E-state index contributed by atoms with van der Waals surface area (Å²) in [5, 5.41) is 4.66. The van der Waals surface area contributed by atoms with E-state index >= 15 is 0 Å². The van der Waals surface area contributed by atoms with Crippen LogP contribution in [0.15, 0.2) is 18.2 Å². The molecule has 0 amide bonds. The molecule has 104 valence electrons. The number of fused-ring (bicyclic) bond motifs is 2. The highest BCUT2D eigenvalue weighted by atomic mass is 35.5. The SMILES string of the molecule is Cc1cccc(Cl)c1NC1C(C)(C)[C@H]2CC[C@]1(C)C2. The smallest absolute Gasteiger partial charge is 0.0640 e. The van der Waals surface area contributed by atoms with Gasteiger partial charge in [-0.25, -0.2) is 0 Å². The Labute approximate surface area is 121 Å². The van der Waals surface area contributed by atoms with Gasteiger partial charge in [0.15, 0.2) is 0 Å². The van der Waals surface area contributed by atoms with Gasteiger partial charge < -0.3 is 5.32 Å². The number of anilines is 1. The van der Waals surface area contributed by atoms with Crippen LogP contribution in [-0.4, -0.2) is 6.04 Å². The molecule has 0 radical (unpaired) electrons. The predicted octanol–water partition coefficient (Wildman–Crippen LogP) is 5.28. The number of hydrogen-bond acceptors (Lipinski definition) is 1. The molecular weight excluding hydrogens is 254 g/mol. The van der Waals surface area contributed by atoms with Gasteiger partial charge in [-0.15, -0.1) is 0 Å². The molecule has 0 aliphatic heterocycles. The molecule has 2 heteroatoms. The van der Waals surface area contributed by atoms with Crippen molar-refractivity contribution in [3.05, 3.63) is 28.8 Å². The minimum absolute atomic E-state index is 0.360.